The molecule has 1 atom stereocenters. The molecule has 1 aliphatic rings. The van der Waals surface area contributed by atoms with Gasteiger partial charge in [-0.25, -0.2) is 0 Å². The normalized spacial score (nSPS) is 16.7. The Bertz CT molecular complexity index is 841. The highest BCUT2D eigenvalue weighted by molar-refractivity contribution is 6.44. The number of anilines is 1. The molecule has 1 saturated heterocycles. The number of ether oxygens (including phenoxy) is 1. The third kappa shape index (κ3) is 3.79. The fourth-order valence-corrected chi connectivity index (χ4v) is 3.39. The van der Waals surface area contributed by atoms with Gasteiger partial charge in [0.15, 0.2) is 0 Å². The maximum absolute atomic E-state index is 12.5. The van der Waals surface area contributed by atoms with Crippen molar-refractivity contribution < 1.29 is 14.3 Å². The highest BCUT2D eigenvalue weighted by atomic mass is 35.5. The summed E-state index contributed by atoms with van der Waals surface area (Å²) in [6, 6.07) is 12.6. The Morgan fingerprint density at radius 3 is 2.77 bits per heavy atom. The SMILES string of the molecule is COc1ccccc1CNC(=O)[C@@H]1CC(=O)N(c2cccc(Cl)c2Cl)C1. The molecule has 0 saturated carbocycles. The van der Waals surface area contributed by atoms with E-state index in [1.165, 1.54) is 4.90 Å². The van der Waals surface area contributed by atoms with Gasteiger partial charge in [0.25, 0.3) is 0 Å². The Morgan fingerprint density at radius 2 is 2.00 bits per heavy atom. The number of hydrogen-bond acceptors (Lipinski definition) is 3. The molecule has 0 spiro atoms. The van der Waals surface area contributed by atoms with Gasteiger partial charge in [0.2, 0.25) is 11.8 Å². The number of carbonyl (C=O) groups is 2. The molecule has 1 N–H and O–H groups in total. The molecule has 26 heavy (non-hydrogen) atoms. The van der Waals surface area contributed by atoms with Crippen LogP contribution in [-0.4, -0.2) is 25.5 Å². The number of hydrogen-bond donors (Lipinski definition) is 1. The summed E-state index contributed by atoms with van der Waals surface area (Å²) in [5.74, 6) is -0.0496. The summed E-state index contributed by atoms with van der Waals surface area (Å²) in [5, 5.41) is 3.57. The number of carbonyl (C=O) groups excluding carboxylic acids is 2. The summed E-state index contributed by atoms with van der Waals surface area (Å²) in [4.78, 5) is 26.4. The Morgan fingerprint density at radius 1 is 1.23 bits per heavy atom. The van der Waals surface area contributed by atoms with Crippen LogP contribution in [0.3, 0.4) is 0 Å². The molecule has 1 heterocycles. The first-order valence-corrected chi connectivity index (χ1v) is 8.91. The zero-order chi connectivity index (χ0) is 18.7. The third-order valence-corrected chi connectivity index (χ3v) is 5.17. The molecule has 0 aromatic heterocycles. The third-order valence-electron chi connectivity index (χ3n) is 4.36. The molecule has 2 aromatic rings. The summed E-state index contributed by atoms with van der Waals surface area (Å²) >= 11 is 12.2. The minimum absolute atomic E-state index is 0.139. The highest BCUT2D eigenvalue weighted by Crippen LogP contribution is 2.35. The molecule has 0 radical (unpaired) electrons. The van der Waals surface area contributed by atoms with Crippen LogP contribution < -0.4 is 15.0 Å². The second kappa shape index (κ2) is 7.98. The molecule has 7 heteroatoms. The first-order chi connectivity index (χ1) is 12.5. The van der Waals surface area contributed by atoms with Crippen LogP contribution in [0, 0.1) is 5.92 Å². The van der Waals surface area contributed by atoms with Crippen molar-refractivity contribution in [1.29, 1.82) is 0 Å². The van der Waals surface area contributed by atoms with E-state index in [-0.39, 0.29) is 24.8 Å². The molecule has 1 fully saturated rings. The van der Waals surface area contributed by atoms with E-state index in [1.54, 1.807) is 25.3 Å². The summed E-state index contributed by atoms with van der Waals surface area (Å²) < 4.78 is 5.28. The molecule has 0 unspecified atom stereocenters. The standard InChI is InChI=1S/C19H18Cl2N2O3/c1-26-16-8-3-2-5-12(16)10-22-19(25)13-9-17(24)23(11-13)15-7-4-6-14(20)18(15)21/h2-8,13H,9-11H2,1H3,(H,22,25)/t13-/m1/s1. The number of nitrogens with zero attached hydrogens (tertiary/aromatic N) is 1. The Labute approximate surface area is 161 Å². The fraction of sp³-hybridized carbons (Fsp3) is 0.263. The van der Waals surface area contributed by atoms with Gasteiger partial charge in [-0.1, -0.05) is 47.5 Å². The first-order valence-electron chi connectivity index (χ1n) is 8.15. The van der Waals surface area contributed by atoms with Crippen LogP contribution in [0.1, 0.15) is 12.0 Å². The van der Waals surface area contributed by atoms with E-state index in [9.17, 15) is 9.59 Å². The van der Waals surface area contributed by atoms with Gasteiger partial charge in [-0.05, 0) is 18.2 Å². The molecule has 136 valence electrons. The van der Waals surface area contributed by atoms with Crippen LogP contribution in [0.4, 0.5) is 5.69 Å². The van der Waals surface area contributed by atoms with E-state index in [1.807, 2.05) is 24.3 Å². The van der Waals surface area contributed by atoms with E-state index < -0.39 is 5.92 Å². The van der Waals surface area contributed by atoms with Gasteiger partial charge in [0.05, 0.1) is 28.8 Å². The summed E-state index contributed by atoms with van der Waals surface area (Å²) in [5.41, 5.74) is 1.41. The van der Waals surface area contributed by atoms with Crippen LogP contribution in [0.2, 0.25) is 10.0 Å². The topological polar surface area (TPSA) is 58.6 Å². The Balaban J connectivity index is 1.66. The van der Waals surface area contributed by atoms with Crippen molar-refractivity contribution in [3.63, 3.8) is 0 Å². The van der Waals surface area contributed by atoms with E-state index in [0.717, 1.165) is 5.56 Å². The maximum atomic E-state index is 12.5. The van der Waals surface area contributed by atoms with Crippen LogP contribution in [0.15, 0.2) is 42.5 Å². The fourth-order valence-electron chi connectivity index (χ4n) is 2.99. The van der Waals surface area contributed by atoms with Crippen LogP contribution in [-0.2, 0) is 16.1 Å². The van der Waals surface area contributed by atoms with Gasteiger partial charge < -0.3 is 15.0 Å². The van der Waals surface area contributed by atoms with E-state index in [2.05, 4.69) is 5.32 Å². The van der Waals surface area contributed by atoms with Gasteiger partial charge in [-0.2, -0.15) is 0 Å². The van der Waals surface area contributed by atoms with Gasteiger partial charge in [-0.15, -0.1) is 0 Å². The molecule has 3 rings (SSSR count). The smallest absolute Gasteiger partial charge is 0.227 e. The number of amides is 2. The lowest BCUT2D eigenvalue weighted by Gasteiger charge is -2.18. The monoisotopic (exact) mass is 392 g/mol. The quantitative estimate of drug-likeness (QED) is 0.844. The number of nitrogens with one attached hydrogen (secondary N) is 1. The summed E-state index contributed by atoms with van der Waals surface area (Å²) in [6.07, 6.45) is 0.139. The van der Waals surface area contributed by atoms with Crippen molar-refractivity contribution in [3.8, 4) is 5.75 Å². The van der Waals surface area contributed by atoms with E-state index >= 15 is 0 Å². The number of methoxy groups -OCH3 is 1. The van der Waals surface area contributed by atoms with Crippen LogP contribution >= 0.6 is 23.2 Å². The van der Waals surface area contributed by atoms with Crippen LogP contribution in [0.5, 0.6) is 5.75 Å². The van der Waals surface area contributed by atoms with Crippen molar-refractivity contribution in [3.05, 3.63) is 58.1 Å². The van der Waals surface area contributed by atoms with Gasteiger partial charge in [-0.3, -0.25) is 9.59 Å². The van der Waals surface area contributed by atoms with Crippen molar-refractivity contribution in [1.82, 2.24) is 5.32 Å². The highest BCUT2D eigenvalue weighted by Gasteiger charge is 2.36. The molecular formula is C19H18Cl2N2O3. The largest absolute Gasteiger partial charge is 0.496 e. The van der Waals surface area contributed by atoms with Crippen molar-refractivity contribution in [2.75, 3.05) is 18.6 Å². The summed E-state index contributed by atoms with van der Waals surface area (Å²) in [7, 11) is 1.59. The molecule has 0 bridgehead atoms. The second-order valence-electron chi connectivity index (χ2n) is 6.01. The predicted molar refractivity (Wildman–Crippen MR) is 102 cm³/mol. The molecule has 0 aliphatic carbocycles. The second-order valence-corrected chi connectivity index (χ2v) is 6.79. The molecule has 2 amide bonds. The maximum Gasteiger partial charge on any atom is 0.227 e. The van der Waals surface area contributed by atoms with E-state index in [0.29, 0.717) is 28.0 Å². The lowest BCUT2D eigenvalue weighted by molar-refractivity contribution is -0.126. The average molecular weight is 393 g/mol. The molecular weight excluding hydrogens is 375 g/mol. The first kappa shape index (κ1) is 18.5. The van der Waals surface area contributed by atoms with E-state index in [4.69, 9.17) is 27.9 Å². The van der Waals surface area contributed by atoms with Gasteiger partial charge >= 0.3 is 0 Å². The predicted octanol–water partition coefficient (Wildman–Crippen LogP) is 3.67. The molecule has 2 aromatic carbocycles. The van der Waals surface area contributed by atoms with Crippen molar-refractivity contribution in [2.45, 2.75) is 13.0 Å². The van der Waals surface area contributed by atoms with Gasteiger partial charge in [0.1, 0.15) is 5.75 Å². The zero-order valence-electron chi connectivity index (χ0n) is 14.2. The van der Waals surface area contributed by atoms with Crippen molar-refractivity contribution >= 4 is 40.7 Å². The van der Waals surface area contributed by atoms with Crippen LogP contribution in [0.25, 0.3) is 0 Å². The van der Waals surface area contributed by atoms with Crippen molar-refractivity contribution in [2.24, 2.45) is 5.92 Å². The minimum Gasteiger partial charge on any atom is -0.496 e. The Hall–Kier alpha value is -2.24. The molecule has 1 aliphatic heterocycles. The minimum atomic E-state index is -0.438. The summed E-state index contributed by atoms with van der Waals surface area (Å²) in [6.45, 7) is 0.613. The lowest BCUT2D eigenvalue weighted by Crippen LogP contribution is -2.32. The Kier molecular flexibility index (Phi) is 5.69. The number of halogens is 2. The number of benzene rings is 2. The molecule has 5 nitrogen and oxygen atoms in total. The number of rotatable bonds is 5. The van der Waals surface area contributed by atoms with Gasteiger partial charge in [0, 0.05) is 25.1 Å². The average Bonchev–Trinajstić information content (AvgIpc) is 3.04. The number of para-hydroxylation sites is 1. The lowest BCUT2D eigenvalue weighted by atomic mass is 10.1. The zero-order valence-corrected chi connectivity index (χ0v) is 15.7.